The molecule has 0 amide bonds. The molecule has 0 aliphatic rings. The van der Waals surface area contributed by atoms with Crippen LogP contribution < -0.4 is 10.6 Å². The molecule has 4 nitrogen and oxygen atoms in total. The predicted octanol–water partition coefficient (Wildman–Crippen LogP) is 3.25. The molecule has 0 aliphatic heterocycles. The number of hydrogen-bond acceptors (Lipinski definition) is 2. The van der Waals surface area contributed by atoms with Crippen LogP contribution in [-0.2, 0) is 11.2 Å². The van der Waals surface area contributed by atoms with Crippen LogP contribution in [0.2, 0.25) is 5.02 Å². The molecule has 0 atom stereocenters. The molecule has 124 valence electrons. The van der Waals surface area contributed by atoms with E-state index in [0.717, 1.165) is 63.0 Å². The largest absolute Gasteiger partial charge is 0.382 e. The van der Waals surface area contributed by atoms with Crippen molar-refractivity contribution in [3.8, 4) is 0 Å². The van der Waals surface area contributed by atoms with E-state index in [4.69, 9.17) is 16.3 Å². The molecule has 0 aliphatic carbocycles. The van der Waals surface area contributed by atoms with Crippen LogP contribution in [0.5, 0.6) is 0 Å². The fraction of sp³-hybridized carbons (Fsp3) is 0.588. The number of aliphatic imine (C=N–C) groups is 1. The van der Waals surface area contributed by atoms with Crippen molar-refractivity contribution in [1.29, 1.82) is 0 Å². The third kappa shape index (κ3) is 8.90. The molecule has 5 heteroatoms. The SMILES string of the molecule is CCOCCCCNC(=NC)NCCCc1ccc(Cl)cc1. The van der Waals surface area contributed by atoms with Crippen LogP contribution in [0.1, 0.15) is 31.7 Å². The lowest BCUT2D eigenvalue weighted by atomic mass is 10.1. The summed E-state index contributed by atoms with van der Waals surface area (Å²) in [7, 11) is 1.80. The summed E-state index contributed by atoms with van der Waals surface area (Å²) in [5.41, 5.74) is 1.31. The van der Waals surface area contributed by atoms with Gasteiger partial charge >= 0.3 is 0 Å². The number of ether oxygens (including phenoxy) is 1. The van der Waals surface area contributed by atoms with Crippen LogP contribution in [0.3, 0.4) is 0 Å². The molecule has 1 aromatic rings. The molecule has 2 N–H and O–H groups in total. The average molecular weight is 326 g/mol. The fourth-order valence-corrected chi connectivity index (χ4v) is 2.18. The summed E-state index contributed by atoms with van der Waals surface area (Å²) in [6.07, 6.45) is 4.27. The van der Waals surface area contributed by atoms with Crippen LogP contribution >= 0.6 is 11.6 Å². The summed E-state index contributed by atoms with van der Waals surface area (Å²) in [6.45, 7) is 5.48. The molecule has 0 saturated carbocycles. The first-order valence-electron chi connectivity index (χ1n) is 8.03. The molecule has 0 bridgehead atoms. The van der Waals surface area contributed by atoms with Gasteiger partial charge in [-0.3, -0.25) is 4.99 Å². The van der Waals surface area contributed by atoms with E-state index in [9.17, 15) is 0 Å². The minimum absolute atomic E-state index is 0.788. The lowest BCUT2D eigenvalue weighted by Gasteiger charge is -2.11. The van der Waals surface area contributed by atoms with Gasteiger partial charge in [0.15, 0.2) is 5.96 Å². The lowest BCUT2D eigenvalue weighted by Crippen LogP contribution is -2.38. The number of benzene rings is 1. The van der Waals surface area contributed by atoms with Crippen LogP contribution in [-0.4, -0.2) is 39.3 Å². The van der Waals surface area contributed by atoms with Gasteiger partial charge in [0.1, 0.15) is 0 Å². The number of rotatable bonds is 10. The molecule has 0 saturated heterocycles. The van der Waals surface area contributed by atoms with E-state index in [2.05, 4.69) is 27.8 Å². The minimum atomic E-state index is 0.788. The number of guanidine groups is 1. The normalized spacial score (nSPS) is 11.5. The molecule has 0 unspecified atom stereocenters. The topological polar surface area (TPSA) is 45.6 Å². The van der Waals surface area contributed by atoms with Crippen molar-refractivity contribution in [2.24, 2.45) is 4.99 Å². The second-order valence-corrected chi connectivity index (χ2v) is 5.50. The van der Waals surface area contributed by atoms with Crippen LogP contribution in [0, 0.1) is 0 Å². The zero-order chi connectivity index (χ0) is 16.0. The third-order valence-electron chi connectivity index (χ3n) is 3.28. The highest BCUT2D eigenvalue weighted by Crippen LogP contribution is 2.10. The van der Waals surface area contributed by atoms with E-state index < -0.39 is 0 Å². The van der Waals surface area contributed by atoms with Crippen molar-refractivity contribution in [1.82, 2.24) is 10.6 Å². The van der Waals surface area contributed by atoms with Gasteiger partial charge in [-0.25, -0.2) is 0 Å². The zero-order valence-electron chi connectivity index (χ0n) is 13.7. The van der Waals surface area contributed by atoms with Crippen molar-refractivity contribution in [2.45, 2.75) is 32.6 Å². The van der Waals surface area contributed by atoms with E-state index >= 15 is 0 Å². The van der Waals surface area contributed by atoms with Gasteiger partial charge in [-0.05, 0) is 50.3 Å². The molecule has 1 aromatic carbocycles. The van der Waals surface area contributed by atoms with Gasteiger partial charge in [0.25, 0.3) is 0 Å². The Morgan fingerprint density at radius 2 is 1.77 bits per heavy atom. The molecular weight excluding hydrogens is 298 g/mol. The van der Waals surface area contributed by atoms with Crippen molar-refractivity contribution < 1.29 is 4.74 Å². The Kier molecular flexibility index (Phi) is 10.5. The van der Waals surface area contributed by atoms with Crippen molar-refractivity contribution in [2.75, 3.05) is 33.4 Å². The molecule has 0 aromatic heterocycles. The summed E-state index contributed by atoms with van der Waals surface area (Å²) >= 11 is 5.88. The number of aryl methyl sites for hydroxylation is 1. The van der Waals surface area contributed by atoms with E-state index in [1.165, 1.54) is 5.56 Å². The fourth-order valence-electron chi connectivity index (χ4n) is 2.05. The molecule has 0 spiro atoms. The maximum Gasteiger partial charge on any atom is 0.190 e. The standard InChI is InChI=1S/C17H28ClN3O/c1-3-22-14-5-4-12-20-17(19-2)21-13-6-7-15-8-10-16(18)11-9-15/h8-11H,3-7,12-14H2,1-2H3,(H2,19,20,21). The Morgan fingerprint density at radius 3 is 2.41 bits per heavy atom. The summed E-state index contributed by atoms with van der Waals surface area (Å²) < 4.78 is 5.31. The Labute approximate surface area is 139 Å². The first-order chi connectivity index (χ1) is 10.8. The predicted molar refractivity (Wildman–Crippen MR) is 94.9 cm³/mol. The van der Waals surface area contributed by atoms with E-state index in [1.54, 1.807) is 7.05 Å². The Hall–Kier alpha value is -1.26. The maximum atomic E-state index is 5.88. The summed E-state index contributed by atoms with van der Waals surface area (Å²) in [6, 6.07) is 8.03. The molecule has 0 radical (unpaired) electrons. The van der Waals surface area contributed by atoms with E-state index in [0.29, 0.717) is 0 Å². The number of unbranched alkanes of at least 4 members (excludes halogenated alkanes) is 1. The van der Waals surface area contributed by atoms with Crippen molar-refractivity contribution >= 4 is 17.6 Å². The van der Waals surface area contributed by atoms with Gasteiger partial charge in [-0.1, -0.05) is 23.7 Å². The highest BCUT2D eigenvalue weighted by atomic mass is 35.5. The lowest BCUT2D eigenvalue weighted by molar-refractivity contribution is 0.143. The zero-order valence-corrected chi connectivity index (χ0v) is 14.5. The highest BCUT2D eigenvalue weighted by Gasteiger charge is 1.98. The first kappa shape index (κ1) is 18.8. The van der Waals surface area contributed by atoms with Gasteiger partial charge < -0.3 is 15.4 Å². The quantitative estimate of drug-likeness (QED) is 0.394. The smallest absolute Gasteiger partial charge is 0.190 e. The number of nitrogens with one attached hydrogen (secondary N) is 2. The van der Waals surface area contributed by atoms with E-state index in [-0.39, 0.29) is 0 Å². The number of hydrogen-bond donors (Lipinski definition) is 2. The maximum absolute atomic E-state index is 5.88. The van der Waals surface area contributed by atoms with Crippen LogP contribution in [0.15, 0.2) is 29.3 Å². The summed E-state index contributed by atoms with van der Waals surface area (Å²) in [5, 5.41) is 7.44. The second kappa shape index (κ2) is 12.3. The van der Waals surface area contributed by atoms with Crippen molar-refractivity contribution in [3.63, 3.8) is 0 Å². The molecule has 0 fully saturated rings. The minimum Gasteiger partial charge on any atom is -0.382 e. The van der Waals surface area contributed by atoms with Gasteiger partial charge in [-0.2, -0.15) is 0 Å². The second-order valence-electron chi connectivity index (χ2n) is 5.06. The molecule has 22 heavy (non-hydrogen) atoms. The average Bonchev–Trinajstić information content (AvgIpc) is 2.54. The molecule has 1 rings (SSSR count). The van der Waals surface area contributed by atoms with Gasteiger partial charge in [0, 0.05) is 38.4 Å². The summed E-state index contributed by atoms with van der Waals surface area (Å²) in [5.74, 6) is 0.868. The van der Waals surface area contributed by atoms with Gasteiger partial charge in [0.05, 0.1) is 0 Å². The van der Waals surface area contributed by atoms with Gasteiger partial charge in [0.2, 0.25) is 0 Å². The monoisotopic (exact) mass is 325 g/mol. The molecular formula is C17H28ClN3O. The van der Waals surface area contributed by atoms with Crippen molar-refractivity contribution in [3.05, 3.63) is 34.9 Å². The summed E-state index contributed by atoms with van der Waals surface area (Å²) in [4.78, 5) is 4.22. The van der Waals surface area contributed by atoms with Gasteiger partial charge in [-0.15, -0.1) is 0 Å². The Balaban J connectivity index is 2.07. The highest BCUT2D eigenvalue weighted by molar-refractivity contribution is 6.30. The first-order valence-corrected chi connectivity index (χ1v) is 8.40. The Bertz CT molecular complexity index is 420. The van der Waals surface area contributed by atoms with Crippen LogP contribution in [0.4, 0.5) is 0 Å². The third-order valence-corrected chi connectivity index (χ3v) is 3.54. The van der Waals surface area contributed by atoms with Crippen LogP contribution in [0.25, 0.3) is 0 Å². The number of nitrogens with zero attached hydrogens (tertiary/aromatic N) is 1. The van der Waals surface area contributed by atoms with E-state index in [1.807, 2.05) is 19.1 Å². The Morgan fingerprint density at radius 1 is 1.09 bits per heavy atom. The molecule has 0 heterocycles. The number of halogens is 1.